The molecule has 0 fully saturated rings. The molecule has 4 rings (SSSR count). The van der Waals surface area contributed by atoms with Gasteiger partial charge in [0, 0.05) is 18.3 Å². The SMILES string of the molecule is COc1ccnc(CS(=O)c2nc3cc(OC(F)F)ccc3n2S(=O)(=O)c2ccc(OCC(=O)O)cc2)c1O. The molecule has 2 heterocycles. The van der Waals surface area contributed by atoms with Crippen LogP contribution >= 0.6 is 0 Å². The number of aliphatic carboxylic acids is 1. The van der Waals surface area contributed by atoms with Gasteiger partial charge in [-0.15, -0.1) is 0 Å². The molecule has 1 atom stereocenters. The zero-order valence-corrected chi connectivity index (χ0v) is 21.5. The molecule has 0 amide bonds. The van der Waals surface area contributed by atoms with Gasteiger partial charge in [-0.05, 0) is 36.4 Å². The maximum absolute atomic E-state index is 13.7. The summed E-state index contributed by atoms with van der Waals surface area (Å²) >= 11 is 0. The predicted molar refractivity (Wildman–Crippen MR) is 131 cm³/mol. The number of carbonyl (C=O) groups is 1. The first-order valence-corrected chi connectivity index (χ1v) is 13.5. The number of rotatable bonds is 11. The Labute approximate surface area is 221 Å². The maximum atomic E-state index is 13.7. The molecule has 0 aliphatic rings. The second-order valence-corrected chi connectivity index (χ2v) is 10.8. The second kappa shape index (κ2) is 11.2. The number of aromatic hydroxyl groups is 1. The van der Waals surface area contributed by atoms with Crippen molar-refractivity contribution in [2.75, 3.05) is 13.7 Å². The van der Waals surface area contributed by atoms with Crippen LogP contribution < -0.4 is 14.2 Å². The number of methoxy groups -OCH3 is 1. The Morgan fingerprint density at radius 2 is 1.82 bits per heavy atom. The number of carboxylic acid groups (broad SMARTS) is 1. The fraction of sp³-hybridized carbons (Fsp3) is 0.174. The standard InChI is InChI=1S/C23H19F2N3O9S2/c1-35-19-8-9-26-17(21(19)31)12-38(32)23-27-16-10-14(37-22(24)25)4-7-18(16)28(23)39(33,34)15-5-2-13(3-6-15)36-11-20(29)30/h2-10,22,31H,11-12H2,1H3,(H,29,30). The molecular formula is C23H19F2N3O9S2. The van der Waals surface area contributed by atoms with E-state index in [1.54, 1.807) is 0 Å². The normalized spacial score (nSPS) is 12.4. The van der Waals surface area contributed by atoms with E-state index in [0.717, 1.165) is 24.3 Å². The molecule has 39 heavy (non-hydrogen) atoms. The van der Waals surface area contributed by atoms with Crippen LogP contribution in [0.3, 0.4) is 0 Å². The van der Waals surface area contributed by atoms with Gasteiger partial charge >= 0.3 is 12.6 Å². The molecule has 12 nitrogen and oxygen atoms in total. The van der Waals surface area contributed by atoms with E-state index in [1.807, 2.05) is 0 Å². The summed E-state index contributed by atoms with van der Waals surface area (Å²) in [6, 6.07) is 9.48. The number of pyridine rings is 1. The molecule has 1 unspecified atom stereocenters. The topological polar surface area (TPSA) is 167 Å². The van der Waals surface area contributed by atoms with Gasteiger partial charge in [-0.1, -0.05) is 0 Å². The van der Waals surface area contributed by atoms with Crippen molar-refractivity contribution in [3.05, 3.63) is 60.4 Å². The molecule has 16 heteroatoms. The van der Waals surface area contributed by atoms with Gasteiger partial charge in [-0.2, -0.15) is 8.78 Å². The lowest BCUT2D eigenvalue weighted by Gasteiger charge is -2.12. The lowest BCUT2D eigenvalue weighted by atomic mass is 10.3. The molecule has 4 aromatic rings. The molecule has 0 radical (unpaired) electrons. The van der Waals surface area contributed by atoms with Gasteiger partial charge in [0.05, 0.1) is 45.3 Å². The summed E-state index contributed by atoms with van der Waals surface area (Å²) < 4.78 is 81.5. The van der Waals surface area contributed by atoms with Gasteiger partial charge in [0.2, 0.25) is 5.16 Å². The molecule has 0 bridgehead atoms. The number of benzene rings is 2. The number of hydrogen-bond acceptors (Lipinski definition) is 10. The van der Waals surface area contributed by atoms with Crippen LogP contribution in [0.5, 0.6) is 23.0 Å². The quantitative estimate of drug-likeness (QED) is 0.266. The third kappa shape index (κ3) is 5.91. The lowest BCUT2D eigenvalue weighted by molar-refractivity contribution is -0.139. The van der Waals surface area contributed by atoms with Gasteiger partial charge in [0.25, 0.3) is 10.0 Å². The minimum absolute atomic E-state index is 0.0529. The van der Waals surface area contributed by atoms with E-state index >= 15 is 0 Å². The van der Waals surface area contributed by atoms with E-state index < -0.39 is 56.7 Å². The van der Waals surface area contributed by atoms with Crippen molar-refractivity contribution >= 4 is 37.8 Å². The van der Waals surface area contributed by atoms with Crippen LogP contribution in [0.15, 0.2) is 64.8 Å². The lowest BCUT2D eigenvalue weighted by Crippen LogP contribution is -2.18. The Kier molecular flexibility index (Phi) is 7.96. The summed E-state index contributed by atoms with van der Waals surface area (Å²) in [6.07, 6.45) is 1.30. The highest BCUT2D eigenvalue weighted by atomic mass is 32.2. The van der Waals surface area contributed by atoms with Gasteiger partial charge in [0.15, 0.2) is 18.1 Å². The molecule has 2 N–H and O–H groups in total. The molecule has 0 spiro atoms. The summed E-state index contributed by atoms with van der Waals surface area (Å²) in [5.74, 6) is -2.26. The smallest absolute Gasteiger partial charge is 0.387 e. The van der Waals surface area contributed by atoms with E-state index in [9.17, 15) is 31.3 Å². The molecule has 0 saturated heterocycles. The zero-order chi connectivity index (χ0) is 28.3. The number of imidazole rings is 1. The molecule has 2 aromatic heterocycles. The van der Waals surface area contributed by atoms with Crippen molar-refractivity contribution < 1.29 is 50.6 Å². The molecular weight excluding hydrogens is 564 g/mol. The Morgan fingerprint density at radius 3 is 2.46 bits per heavy atom. The largest absolute Gasteiger partial charge is 0.503 e. The number of carboxylic acids is 1. The fourth-order valence-electron chi connectivity index (χ4n) is 3.46. The van der Waals surface area contributed by atoms with Crippen LogP contribution in [0.2, 0.25) is 0 Å². The average molecular weight is 584 g/mol. The summed E-state index contributed by atoms with van der Waals surface area (Å²) in [7, 11) is -5.43. The van der Waals surface area contributed by atoms with Gasteiger partial charge in [-0.25, -0.2) is 22.2 Å². The van der Waals surface area contributed by atoms with E-state index in [1.165, 1.54) is 37.6 Å². The van der Waals surface area contributed by atoms with E-state index in [2.05, 4.69) is 14.7 Å². The zero-order valence-electron chi connectivity index (χ0n) is 19.9. The summed E-state index contributed by atoms with van der Waals surface area (Å²) in [6.45, 7) is -3.79. The number of ether oxygens (including phenoxy) is 3. The van der Waals surface area contributed by atoms with Crippen LogP contribution in [-0.2, 0) is 31.4 Å². The van der Waals surface area contributed by atoms with Crippen LogP contribution in [0.1, 0.15) is 5.69 Å². The van der Waals surface area contributed by atoms with Crippen molar-refractivity contribution in [3.63, 3.8) is 0 Å². The van der Waals surface area contributed by atoms with Gasteiger partial charge in [-0.3, -0.25) is 9.19 Å². The van der Waals surface area contributed by atoms with Crippen molar-refractivity contribution in [1.29, 1.82) is 0 Å². The van der Waals surface area contributed by atoms with Gasteiger partial charge < -0.3 is 24.4 Å². The second-order valence-electron chi connectivity index (χ2n) is 7.65. The third-order valence-corrected chi connectivity index (χ3v) is 8.21. The number of aromatic nitrogens is 3. The van der Waals surface area contributed by atoms with E-state index in [0.29, 0.717) is 3.97 Å². The Morgan fingerprint density at radius 1 is 1.13 bits per heavy atom. The van der Waals surface area contributed by atoms with Crippen molar-refractivity contribution in [1.82, 2.24) is 13.9 Å². The highest BCUT2D eigenvalue weighted by Gasteiger charge is 2.29. The molecule has 2 aromatic carbocycles. The Bertz CT molecular complexity index is 1660. The van der Waals surface area contributed by atoms with E-state index in [-0.39, 0.29) is 38.9 Å². The number of nitrogens with zero attached hydrogens (tertiary/aromatic N) is 3. The van der Waals surface area contributed by atoms with Crippen LogP contribution in [0.4, 0.5) is 8.78 Å². The number of halogens is 2. The highest BCUT2D eigenvalue weighted by Crippen LogP contribution is 2.32. The first-order valence-electron chi connectivity index (χ1n) is 10.8. The molecule has 0 saturated carbocycles. The number of hydrogen-bond donors (Lipinski definition) is 2. The molecule has 0 aliphatic heterocycles. The molecule has 206 valence electrons. The van der Waals surface area contributed by atoms with Crippen molar-refractivity contribution in [2.24, 2.45) is 0 Å². The molecule has 0 aliphatic carbocycles. The highest BCUT2D eigenvalue weighted by molar-refractivity contribution is 7.91. The Hall–Kier alpha value is -4.31. The Balaban J connectivity index is 1.81. The van der Waals surface area contributed by atoms with Crippen LogP contribution in [0, 0.1) is 0 Å². The third-order valence-electron chi connectivity index (χ3n) is 5.16. The summed E-state index contributed by atoms with van der Waals surface area (Å²) in [5, 5.41) is 18.6. The monoisotopic (exact) mass is 583 g/mol. The van der Waals surface area contributed by atoms with Crippen LogP contribution in [0.25, 0.3) is 11.0 Å². The summed E-state index contributed by atoms with van der Waals surface area (Å²) in [4.78, 5) is 18.5. The average Bonchev–Trinajstić information content (AvgIpc) is 3.28. The fourth-order valence-corrected chi connectivity index (χ4v) is 6.43. The van der Waals surface area contributed by atoms with E-state index in [4.69, 9.17) is 14.6 Å². The predicted octanol–water partition coefficient (Wildman–Crippen LogP) is 2.76. The minimum atomic E-state index is -4.50. The van der Waals surface area contributed by atoms with Crippen molar-refractivity contribution in [2.45, 2.75) is 22.4 Å². The number of fused-ring (bicyclic) bond motifs is 1. The summed E-state index contributed by atoms with van der Waals surface area (Å²) in [5.41, 5.74) is -0.261. The minimum Gasteiger partial charge on any atom is -0.503 e. The van der Waals surface area contributed by atoms with Crippen LogP contribution in [-0.4, -0.2) is 63.1 Å². The first-order chi connectivity index (χ1) is 18.5. The maximum Gasteiger partial charge on any atom is 0.387 e. The van der Waals surface area contributed by atoms with Crippen molar-refractivity contribution in [3.8, 4) is 23.0 Å². The first kappa shape index (κ1) is 27.7. The number of alkyl halides is 2. The van der Waals surface area contributed by atoms with Gasteiger partial charge in [0.1, 0.15) is 11.5 Å².